The van der Waals surface area contributed by atoms with E-state index in [2.05, 4.69) is 150 Å². The van der Waals surface area contributed by atoms with Gasteiger partial charge in [-0.3, -0.25) is 0 Å². The van der Waals surface area contributed by atoms with Crippen molar-refractivity contribution in [3.8, 4) is 0 Å². The molecule has 2 fully saturated rings. The van der Waals surface area contributed by atoms with E-state index in [-0.39, 0.29) is 0 Å². The van der Waals surface area contributed by atoms with Crippen molar-refractivity contribution < 1.29 is 10.9 Å². The van der Waals surface area contributed by atoms with Crippen molar-refractivity contribution in [3.63, 3.8) is 0 Å². The van der Waals surface area contributed by atoms with Crippen LogP contribution in [0.4, 0.5) is 0 Å². The fourth-order valence-electron chi connectivity index (χ4n) is 6.26. The van der Waals surface area contributed by atoms with E-state index in [9.17, 15) is 0 Å². The fourth-order valence-corrected chi connectivity index (χ4v) is 6.26. The summed E-state index contributed by atoms with van der Waals surface area (Å²) in [6.45, 7) is 3.29. The third-order valence-electron chi connectivity index (χ3n) is 8.79. The van der Waals surface area contributed by atoms with E-state index in [1.54, 1.807) is 0 Å². The summed E-state index contributed by atoms with van der Waals surface area (Å²) in [6, 6.07) is 43.8. The minimum Gasteiger partial charge on any atom is -0.657 e. The maximum atomic E-state index is 4.95. The van der Waals surface area contributed by atoms with E-state index in [0.29, 0.717) is 24.2 Å². The minimum atomic E-state index is 0.401. The molecule has 0 aliphatic heterocycles. The molecular weight excluding hydrogens is 755 g/mol. The average molecular weight is 803 g/mol. The van der Waals surface area contributed by atoms with Crippen molar-refractivity contribution in [3.05, 3.63) is 165 Å². The van der Waals surface area contributed by atoms with Gasteiger partial charge in [0.05, 0.1) is 0 Å². The van der Waals surface area contributed by atoms with Gasteiger partial charge in [-0.2, -0.15) is 24.2 Å². The van der Waals surface area contributed by atoms with Crippen LogP contribution >= 0.6 is 28.5 Å². The van der Waals surface area contributed by atoms with Crippen molar-refractivity contribution >= 4 is 28.5 Å². The fraction of sp³-hybridized carbons (Fsp3) is 0.400. The van der Waals surface area contributed by atoms with Crippen LogP contribution in [0.1, 0.15) is 73.6 Å². The molecule has 0 unspecified atom stereocenters. The third-order valence-corrected chi connectivity index (χ3v) is 8.79. The molecule has 0 aromatic heterocycles. The molecule has 0 bridgehead atoms. The zero-order valence-electron chi connectivity index (χ0n) is 27.2. The normalized spacial score (nSPS) is 20.7. The molecule has 2 saturated carbocycles. The van der Waals surface area contributed by atoms with Crippen LogP contribution in [0.2, 0.25) is 0 Å². The zero-order chi connectivity index (χ0) is 32.8. The van der Waals surface area contributed by atoms with Crippen molar-refractivity contribution in [1.82, 2.24) is 0 Å². The predicted octanol–water partition coefficient (Wildman–Crippen LogP) is 12.6. The van der Waals surface area contributed by atoms with Crippen molar-refractivity contribution in [2.24, 2.45) is 0 Å². The average Bonchev–Trinajstić information content (AvgIpc) is 3.14. The Hall–Kier alpha value is -1.83. The van der Waals surface area contributed by atoms with Gasteiger partial charge in [-0.05, 0) is 0 Å². The summed E-state index contributed by atoms with van der Waals surface area (Å²) in [7, 11) is 1.25. The van der Waals surface area contributed by atoms with Gasteiger partial charge in [-0.1, -0.05) is 195 Å². The molecule has 4 nitrogen and oxygen atoms in total. The largest absolute Gasteiger partial charge is 0.657 e. The topological polar surface area (TPSA) is 56.4 Å². The Labute approximate surface area is 304 Å². The molecule has 0 spiro atoms. The molecule has 7 heteroatoms. The first-order chi connectivity index (χ1) is 23.2. The summed E-state index contributed by atoms with van der Waals surface area (Å²) < 4.78 is 0. The summed E-state index contributed by atoms with van der Waals surface area (Å²) in [5.74, 6) is 0. The Morgan fingerprint density at radius 2 is 0.574 bits per heavy atom. The van der Waals surface area contributed by atoms with Gasteiger partial charge in [-0.15, -0.1) is 26.2 Å². The number of nitrogens with zero attached hydrogens (tertiary/aromatic N) is 4. The van der Waals surface area contributed by atoms with Crippen LogP contribution in [0.25, 0.3) is 21.3 Å². The summed E-state index contributed by atoms with van der Waals surface area (Å²) >= 11 is 6.00. The molecule has 0 heterocycles. The number of hydrogen-bond acceptors (Lipinski definition) is 0. The van der Waals surface area contributed by atoms with Crippen LogP contribution in [0.3, 0.4) is 0 Å². The van der Waals surface area contributed by atoms with Gasteiger partial charge in [0.1, 0.15) is 0 Å². The maximum absolute atomic E-state index is 4.95. The molecule has 4 aromatic carbocycles. The smallest absolute Gasteiger partial charge is 0.0548 e. The Morgan fingerprint density at radius 1 is 0.383 bits per heavy atom. The quantitative estimate of drug-likeness (QED) is 0.128. The molecule has 4 atom stereocenters. The van der Waals surface area contributed by atoms with Crippen LogP contribution < -0.4 is 0 Å². The van der Waals surface area contributed by atoms with Crippen LogP contribution in [0.5, 0.6) is 0 Å². The van der Waals surface area contributed by atoms with Gasteiger partial charge in [0.25, 0.3) is 0 Å². The van der Waals surface area contributed by atoms with Gasteiger partial charge in [0.2, 0.25) is 0 Å². The maximum Gasteiger partial charge on any atom is -0.0548 e. The molecule has 0 N–H and O–H groups in total. The first kappa shape index (κ1) is 38.0. The van der Waals surface area contributed by atoms with Gasteiger partial charge >= 0.3 is 39.3 Å². The van der Waals surface area contributed by atoms with Crippen molar-refractivity contribution in [2.75, 3.05) is 0 Å². The minimum absolute atomic E-state index is 0.401. The third kappa shape index (κ3) is 15.1. The van der Waals surface area contributed by atoms with E-state index in [1.807, 2.05) is 0 Å². The molecule has 2 aliphatic rings. The Bertz CT molecular complexity index is 1110. The molecular formula is C40H48Br2N4Ni-4. The molecule has 47 heavy (non-hydrogen) atoms. The molecule has 4 aromatic rings. The summed E-state index contributed by atoms with van der Waals surface area (Å²) in [4.78, 5) is 0. The zero-order valence-corrected chi connectivity index (χ0v) is 31.4. The Kier molecular flexibility index (Phi) is 19.0. The summed E-state index contributed by atoms with van der Waals surface area (Å²) in [5, 5.41) is 19.8. The van der Waals surface area contributed by atoms with Gasteiger partial charge in [0.15, 0.2) is 0 Å². The molecule has 6 rings (SSSR count). The molecule has 0 saturated heterocycles. The van der Waals surface area contributed by atoms with Gasteiger partial charge < -0.3 is 21.3 Å². The summed E-state index contributed by atoms with van der Waals surface area (Å²) in [6.07, 6.45) is 9.93. The SMILES string of the molecule is [Br][Ni][Br].c1ccc(C[N-][C@@H]2CCCC[C@H]2[N-]Cc2ccccc2)cc1.c1ccc(C[N-][C@@H]2CCCC[C@H]2[N-]Cc2ccccc2)cc1. The Morgan fingerprint density at radius 3 is 0.766 bits per heavy atom. The van der Waals surface area contributed by atoms with Crippen LogP contribution in [0.15, 0.2) is 121 Å². The van der Waals surface area contributed by atoms with Gasteiger partial charge in [0, 0.05) is 0 Å². The first-order valence-electron chi connectivity index (χ1n) is 16.9. The van der Waals surface area contributed by atoms with E-state index in [0.717, 1.165) is 26.2 Å². The molecule has 0 amide bonds. The monoisotopic (exact) mass is 800 g/mol. The Balaban J connectivity index is 0.000000197. The van der Waals surface area contributed by atoms with E-state index >= 15 is 0 Å². The van der Waals surface area contributed by atoms with Crippen molar-refractivity contribution in [1.29, 1.82) is 0 Å². The molecule has 0 radical (unpaired) electrons. The van der Waals surface area contributed by atoms with Crippen LogP contribution in [-0.4, -0.2) is 24.2 Å². The van der Waals surface area contributed by atoms with E-state index in [4.69, 9.17) is 21.3 Å². The number of rotatable bonds is 12. The number of halogens is 2. The predicted molar refractivity (Wildman–Crippen MR) is 204 cm³/mol. The number of hydrogen-bond donors (Lipinski definition) is 0. The molecule has 256 valence electrons. The van der Waals surface area contributed by atoms with Crippen molar-refractivity contribution in [2.45, 2.75) is 102 Å². The van der Waals surface area contributed by atoms with Crippen LogP contribution in [0, 0.1) is 0 Å². The van der Waals surface area contributed by atoms with Crippen LogP contribution in [-0.2, 0) is 37.1 Å². The standard InChI is InChI=1S/2C20H24N2.2BrH.Ni/c2*1-3-9-17(10-4-1)15-21-19-13-7-8-14-20(19)22-16-18-11-5-2-6-12-18;;;/h2*1-6,9-12,19-20H,7-8,13-16H2;2*1H;/q2*-2;;;+2/p-2/t2*19-,20-;;;/m11.../s1. The first-order valence-corrected chi connectivity index (χ1v) is 21.8. The second-order valence-corrected chi connectivity index (χ2v) is 17.2. The van der Waals surface area contributed by atoms with Gasteiger partial charge in [-0.25, -0.2) is 0 Å². The second-order valence-electron chi connectivity index (χ2n) is 12.2. The number of benzene rings is 4. The second kappa shape index (κ2) is 23.5. The summed E-state index contributed by atoms with van der Waals surface area (Å²) in [5.41, 5.74) is 5.20. The molecule has 2 aliphatic carbocycles. The van der Waals surface area contributed by atoms with E-state index < -0.39 is 0 Å². The van der Waals surface area contributed by atoms with E-state index in [1.165, 1.54) is 84.5 Å².